The number of hydrogen-bond acceptors (Lipinski definition) is 4. The van der Waals surface area contributed by atoms with Gasteiger partial charge in [0.25, 0.3) is 0 Å². The van der Waals surface area contributed by atoms with Crippen LogP contribution in [-0.2, 0) is 26.5 Å². The van der Waals surface area contributed by atoms with Gasteiger partial charge in [0, 0.05) is 24.3 Å². The Balaban J connectivity index is 1.23. The van der Waals surface area contributed by atoms with Crippen LogP contribution in [0.25, 0.3) is 10.9 Å². The molecule has 6 rings (SSSR count). The number of likely N-dealkylation sites (tertiary alicyclic amines) is 1. The van der Waals surface area contributed by atoms with Crippen LogP contribution in [0.1, 0.15) is 87.2 Å². The number of esters is 1. The second-order valence-electron chi connectivity index (χ2n) is 13.6. The van der Waals surface area contributed by atoms with Gasteiger partial charge in [-0.3, -0.25) is 18.5 Å². The molecule has 1 aromatic heterocycles. The number of Topliss-reactive ketones (excluding diaryl/α,β-unsaturated/α-hetero) is 1. The fourth-order valence-electron chi connectivity index (χ4n) is 8.58. The summed E-state index contributed by atoms with van der Waals surface area (Å²) in [4.78, 5) is 42.4. The van der Waals surface area contributed by atoms with Crippen LogP contribution in [0.2, 0.25) is 0 Å². The first-order valence-corrected chi connectivity index (χ1v) is 16.2. The smallest absolute Gasteiger partial charge is 0.357 e. The van der Waals surface area contributed by atoms with E-state index in [0.717, 1.165) is 63.4 Å². The Morgan fingerprint density at radius 1 is 0.977 bits per heavy atom. The van der Waals surface area contributed by atoms with Crippen molar-refractivity contribution in [3.05, 3.63) is 35.5 Å². The molecule has 2 aliphatic heterocycles. The average Bonchev–Trinajstić information content (AvgIpc) is 3.73. The van der Waals surface area contributed by atoms with E-state index in [4.69, 9.17) is 4.74 Å². The third-order valence-corrected chi connectivity index (χ3v) is 11.0. The molecule has 9 heteroatoms. The van der Waals surface area contributed by atoms with Crippen molar-refractivity contribution in [3.63, 3.8) is 0 Å². The summed E-state index contributed by atoms with van der Waals surface area (Å²) in [6.07, 6.45) is 9.87. The van der Waals surface area contributed by atoms with E-state index in [0.29, 0.717) is 29.3 Å². The highest BCUT2D eigenvalue weighted by molar-refractivity contribution is 5.99. The largest absolute Gasteiger partial charge is 0.428 e. The number of aromatic nitrogens is 1. The minimum atomic E-state index is -1.99. The number of amides is 1. The molecule has 0 radical (unpaired) electrons. The predicted molar refractivity (Wildman–Crippen MR) is 157 cm³/mol. The second-order valence-corrected chi connectivity index (χ2v) is 13.6. The third kappa shape index (κ3) is 5.39. The van der Waals surface area contributed by atoms with Crippen LogP contribution in [0, 0.1) is 29.6 Å². The summed E-state index contributed by atoms with van der Waals surface area (Å²) >= 11 is 0. The first-order valence-electron chi connectivity index (χ1n) is 16.2. The molecule has 1 aromatic carbocycles. The zero-order chi connectivity index (χ0) is 30.3. The van der Waals surface area contributed by atoms with Gasteiger partial charge in [0.1, 0.15) is 5.69 Å². The third-order valence-electron chi connectivity index (χ3n) is 11.0. The zero-order valence-corrected chi connectivity index (χ0v) is 25.0. The lowest BCUT2D eigenvalue weighted by Crippen LogP contribution is -2.48. The zero-order valence-electron chi connectivity index (χ0n) is 25.0. The molecule has 6 nitrogen and oxygen atoms in total. The van der Waals surface area contributed by atoms with E-state index in [2.05, 4.69) is 0 Å². The van der Waals surface area contributed by atoms with Gasteiger partial charge in [0.2, 0.25) is 11.6 Å². The number of hydrogen-bond donors (Lipinski definition) is 0. The molecule has 1 amide bonds. The van der Waals surface area contributed by atoms with Crippen LogP contribution in [0.3, 0.4) is 0 Å². The number of carbonyl (C=O) groups excluding carboxylic acids is 3. The van der Waals surface area contributed by atoms with Gasteiger partial charge in [-0.2, -0.15) is 0 Å². The van der Waals surface area contributed by atoms with Crippen molar-refractivity contribution in [3.8, 4) is 0 Å². The van der Waals surface area contributed by atoms with Crippen molar-refractivity contribution in [2.45, 2.75) is 89.3 Å². The predicted octanol–water partition coefficient (Wildman–Crippen LogP) is 6.72. The highest BCUT2D eigenvalue weighted by Crippen LogP contribution is 2.42. The Kier molecular flexibility index (Phi) is 8.62. The fraction of sp³-hybridized carbons (Fsp3) is 0.676. The normalized spacial score (nSPS) is 28.2. The Bertz CT molecular complexity index is 1360. The molecule has 0 spiro atoms. The minimum Gasteiger partial charge on any atom is -0.428 e. The van der Waals surface area contributed by atoms with E-state index in [1.807, 2.05) is 11.8 Å². The standard InChI is InChI=1S/C34H43F3N2O4/c1-21(18-35)23-8-10-25(11-9-23)32(41)38-14-13-27(24-5-3-2-4-6-24)31(38)30(40)16-22-7-12-28-26(15-22)17-29-33(42)43-34(19-36,20-37)39(28)29/h7,12,15,17,21,23-25,27,31H,2-6,8-11,13-14,16,18-20H2,1H3/t21-,23?,25?,27+,31+/m1/s1. The van der Waals surface area contributed by atoms with Crippen LogP contribution >= 0.6 is 0 Å². The molecular formula is C34H43F3N2O4. The van der Waals surface area contributed by atoms with Crippen molar-refractivity contribution >= 4 is 28.6 Å². The molecule has 0 unspecified atom stereocenters. The van der Waals surface area contributed by atoms with Crippen LogP contribution in [0.5, 0.6) is 0 Å². The van der Waals surface area contributed by atoms with Crippen molar-refractivity contribution in [2.24, 2.45) is 29.6 Å². The molecule has 3 fully saturated rings. The SMILES string of the molecule is C[C@H](CF)C1CCC(C(=O)N2CC[C@@H](C3CCCCC3)[C@H]2C(=O)Cc2ccc3c(c2)cc2n3C(CF)(CF)OC2=O)CC1. The van der Waals surface area contributed by atoms with Gasteiger partial charge >= 0.3 is 5.97 Å². The molecule has 0 bridgehead atoms. The Hall–Kier alpha value is -2.84. The van der Waals surface area contributed by atoms with Gasteiger partial charge in [-0.1, -0.05) is 45.1 Å². The van der Waals surface area contributed by atoms with E-state index in [9.17, 15) is 27.6 Å². The highest BCUT2D eigenvalue weighted by atomic mass is 19.1. The molecule has 2 saturated carbocycles. The summed E-state index contributed by atoms with van der Waals surface area (Å²) in [5.41, 5.74) is -0.687. The topological polar surface area (TPSA) is 68.6 Å². The number of carbonyl (C=O) groups is 3. The van der Waals surface area contributed by atoms with Crippen molar-refractivity contribution in [2.75, 3.05) is 26.6 Å². The number of ether oxygens (including phenoxy) is 1. The Labute approximate surface area is 251 Å². The molecule has 3 heterocycles. The molecule has 1 saturated heterocycles. The number of ketones is 1. The quantitative estimate of drug-likeness (QED) is 0.300. The first-order chi connectivity index (χ1) is 20.8. The summed E-state index contributed by atoms with van der Waals surface area (Å²) in [6.45, 7) is -0.156. The summed E-state index contributed by atoms with van der Waals surface area (Å²) in [6, 6.07) is 6.36. The van der Waals surface area contributed by atoms with E-state index in [1.165, 1.54) is 11.0 Å². The number of nitrogens with zero attached hydrogens (tertiary/aromatic N) is 2. The number of rotatable bonds is 9. The first kappa shape index (κ1) is 30.2. The lowest BCUT2D eigenvalue weighted by Gasteiger charge is -2.37. The van der Waals surface area contributed by atoms with Crippen LogP contribution in [0.15, 0.2) is 24.3 Å². The molecule has 4 aliphatic rings. The van der Waals surface area contributed by atoms with Crippen molar-refractivity contribution in [1.82, 2.24) is 9.47 Å². The van der Waals surface area contributed by atoms with Gasteiger partial charge < -0.3 is 9.64 Å². The van der Waals surface area contributed by atoms with Crippen LogP contribution in [0.4, 0.5) is 13.2 Å². The fourth-order valence-corrected chi connectivity index (χ4v) is 8.58. The molecule has 3 atom stereocenters. The summed E-state index contributed by atoms with van der Waals surface area (Å²) in [5.74, 6) is 0.117. The van der Waals surface area contributed by atoms with Crippen molar-refractivity contribution < 1.29 is 32.3 Å². The lowest BCUT2D eigenvalue weighted by atomic mass is 9.74. The summed E-state index contributed by atoms with van der Waals surface area (Å²) in [5, 5.41) is 0.616. The maximum absolute atomic E-state index is 14.2. The monoisotopic (exact) mass is 600 g/mol. The van der Waals surface area contributed by atoms with Gasteiger partial charge in [0.05, 0.1) is 18.2 Å². The number of benzene rings is 1. The molecule has 0 N–H and O–H groups in total. The maximum Gasteiger partial charge on any atom is 0.357 e. The van der Waals surface area contributed by atoms with Crippen LogP contribution < -0.4 is 0 Å². The van der Waals surface area contributed by atoms with E-state index >= 15 is 0 Å². The van der Waals surface area contributed by atoms with Crippen molar-refractivity contribution in [1.29, 1.82) is 0 Å². The number of halogens is 3. The van der Waals surface area contributed by atoms with Gasteiger partial charge in [0.15, 0.2) is 19.1 Å². The number of alkyl halides is 3. The second kappa shape index (κ2) is 12.3. The molecule has 2 aromatic rings. The molecule has 43 heavy (non-hydrogen) atoms. The number of cyclic esters (lactones) is 1. The van der Waals surface area contributed by atoms with Gasteiger partial charge in [-0.15, -0.1) is 0 Å². The summed E-state index contributed by atoms with van der Waals surface area (Å²) < 4.78 is 47.4. The average molecular weight is 601 g/mol. The number of fused-ring (bicyclic) bond motifs is 3. The van der Waals surface area contributed by atoms with Crippen LogP contribution in [-0.4, -0.2) is 59.7 Å². The molecule has 234 valence electrons. The summed E-state index contributed by atoms with van der Waals surface area (Å²) in [7, 11) is 0. The van der Waals surface area contributed by atoms with Gasteiger partial charge in [-0.25, -0.2) is 13.6 Å². The lowest BCUT2D eigenvalue weighted by molar-refractivity contribution is -0.143. The van der Waals surface area contributed by atoms with E-state index < -0.39 is 31.1 Å². The van der Waals surface area contributed by atoms with Gasteiger partial charge in [-0.05, 0) is 79.5 Å². The van der Waals surface area contributed by atoms with E-state index in [1.54, 1.807) is 24.3 Å². The Morgan fingerprint density at radius 2 is 1.70 bits per heavy atom. The maximum atomic E-state index is 14.2. The molecule has 2 aliphatic carbocycles. The Morgan fingerprint density at radius 3 is 2.37 bits per heavy atom. The highest BCUT2D eigenvalue weighted by Gasteiger charge is 2.48. The van der Waals surface area contributed by atoms with E-state index in [-0.39, 0.29) is 48.2 Å². The minimum absolute atomic E-state index is 0.0168. The molecular weight excluding hydrogens is 557 g/mol.